The van der Waals surface area contributed by atoms with E-state index in [-0.39, 0.29) is 0 Å². The van der Waals surface area contributed by atoms with Gasteiger partial charge in [-0.25, -0.2) is 13.4 Å². The molecule has 0 aliphatic carbocycles. The van der Waals surface area contributed by atoms with Crippen LogP contribution in [-0.4, -0.2) is 19.7 Å². The Morgan fingerprint density at radius 1 is 1.26 bits per heavy atom. The predicted octanol–water partition coefficient (Wildman–Crippen LogP) is 2.44. The highest BCUT2D eigenvalue weighted by Gasteiger charge is 2.07. The van der Waals surface area contributed by atoms with Crippen molar-refractivity contribution in [1.82, 2.24) is 4.98 Å². The number of hydrogen-bond acceptors (Lipinski definition) is 5. The van der Waals surface area contributed by atoms with E-state index in [9.17, 15) is 8.42 Å². The number of sulfonamides is 1. The van der Waals surface area contributed by atoms with Gasteiger partial charge in [0.2, 0.25) is 10.0 Å². The molecule has 0 unspecified atom stereocenters. The molecule has 0 radical (unpaired) electrons. The largest absolute Gasteiger partial charge is 0.378 e. The molecule has 2 rings (SSSR count). The maximum absolute atomic E-state index is 11.3. The summed E-state index contributed by atoms with van der Waals surface area (Å²) in [5.41, 5.74) is 4.09. The molecule has 0 aliphatic rings. The molecular weight excluding hydrogens is 282 g/mol. The Morgan fingerprint density at radius 2 is 1.95 bits per heavy atom. The highest BCUT2D eigenvalue weighted by molar-refractivity contribution is 7.92. The number of rotatable bonds is 5. The number of nitrogens with zero attached hydrogens (tertiary/aromatic N) is 1. The molecule has 1 heterocycles. The van der Waals surface area contributed by atoms with Crippen LogP contribution >= 0.6 is 11.3 Å². The fourth-order valence-corrected chi connectivity index (χ4v) is 2.89. The molecule has 0 atom stereocenters. The molecule has 1 aromatic carbocycles. The number of thiazole rings is 1. The van der Waals surface area contributed by atoms with Gasteiger partial charge in [0.25, 0.3) is 0 Å². The normalized spacial score (nSPS) is 11.3. The maximum atomic E-state index is 11.3. The molecule has 2 N–H and O–H groups in total. The fraction of sp³-hybridized carbons (Fsp3) is 0.250. The van der Waals surface area contributed by atoms with E-state index in [1.54, 1.807) is 29.0 Å². The van der Waals surface area contributed by atoms with Crippen molar-refractivity contribution in [2.45, 2.75) is 13.5 Å². The van der Waals surface area contributed by atoms with Gasteiger partial charge in [0, 0.05) is 4.88 Å². The number of hydrogen-bond donors (Lipinski definition) is 2. The molecule has 1 aromatic heterocycles. The Bertz CT molecular complexity index is 665. The van der Waals surface area contributed by atoms with Gasteiger partial charge in [0.05, 0.1) is 35.4 Å². The number of aryl methyl sites for hydroxylation is 1. The van der Waals surface area contributed by atoms with E-state index >= 15 is 0 Å². The van der Waals surface area contributed by atoms with E-state index in [2.05, 4.69) is 15.0 Å². The molecule has 102 valence electrons. The Labute approximate surface area is 116 Å². The van der Waals surface area contributed by atoms with Crippen LogP contribution in [0.5, 0.6) is 0 Å². The minimum Gasteiger partial charge on any atom is -0.378 e. The number of benzene rings is 1. The summed E-state index contributed by atoms with van der Waals surface area (Å²) < 4.78 is 25.1. The summed E-state index contributed by atoms with van der Waals surface area (Å²) in [6, 6.07) is 7.21. The topological polar surface area (TPSA) is 71.1 Å². The van der Waals surface area contributed by atoms with Crippen molar-refractivity contribution in [3.05, 3.63) is 40.3 Å². The SMILES string of the molecule is Cc1ncsc1CNc1ccccc1NS(C)(=O)=O. The molecule has 0 spiro atoms. The van der Waals surface area contributed by atoms with Gasteiger partial charge in [-0.15, -0.1) is 11.3 Å². The summed E-state index contributed by atoms with van der Waals surface area (Å²) in [6.45, 7) is 2.58. The molecule has 0 saturated heterocycles. The molecule has 0 amide bonds. The molecule has 2 aromatic rings. The minimum atomic E-state index is -3.28. The molecule has 0 aliphatic heterocycles. The lowest BCUT2D eigenvalue weighted by Crippen LogP contribution is -2.11. The smallest absolute Gasteiger partial charge is 0.229 e. The van der Waals surface area contributed by atoms with Crippen molar-refractivity contribution < 1.29 is 8.42 Å². The van der Waals surface area contributed by atoms with E-state index in [0.717, 1.165) is 22.5 Å². The van der Waals surface area contributed by atoms with Crippen LogP contribution in [0.25, 0.3) is 0 Å². The van der Waals surface area contributed by atoms with Crippen LogP contribution in [0.1, 0.15) is 10.6 Å². The zero-order chi connectivity index (χ0) is 13.9. The predicted molar refractivity (Wildman–Crippen MR) is 79.1 cm³/mol. The summed E-state index contributed by atoms with van der Waals surface area (Å²) in [5, 5.41) is 3.22. The molecule has 19 heavy (non-hydrogen) atoms. The van der Waals surface area contributed by atoms with E-state index in [4.69, 9.17) is 0 Å². The molecule has 7 heteroatoms. The number of para-hydroxylation sites is 2. The van der Waals surface area contributed by atoms with E-state index in [1.807, 2.05) is 19.1 Å². The quantitative estimate of drug-likeness (QED) is 0.889. The van der Waals surface area contributed by atoms with Crippen LogP contribution in [0.15, 0.2) is 29.8 Å². The van der Waals surface area contributed by atoms with Crippen LogP contribution in [-0.2, 0) is 16.6 Å². The zero-order valence-electron chi connectivity index (χ0n) is 10.7. The number of nitrogens with one attached hydrogen (secondary N) is 2. The van der Waals surface area contributed by atoms with Crippen molar-refractivity contribution in [2.24, 2.45) is 0 Å². The summed E-state index contributed by atoms with van der Waals surface area (Å²) in [7, 11) is -3.28. The van der Waals surface area contributed by atoms with Crippen LogP contribution in [0.3, 0.4) is 0 Å². The molecule has 5 nitrogen and oxygen atoms in total. The first-order valence-corrected chi connectivity index (χ1v) is 8.42. The summed E-state index contributed by atoms with van der Waals surface area (Å²) in [6.07, 6.45) is 1.14. The summed E-state index contributed by atoms with van der Waals surface area (Å²) in [5.74, 6) is 0. The van der Waals surface area contributed by atoms with Gasteiger partial charge in [-0.3, -0.25) is 4.72 Å². The number of aromatic nitrogens is 1. The second-order valence-corrected chi connectivity index (χ2v) is 6.82. The van der Waals surface area contributed by atoms with Gasteiger partial charge in [-0.05, 0) is 19.1 Å². The van der Waals surface area contributed by atoms with Gasteiger partial charge in [0.15, 0.2) is 0 Å². The Balaban J connectivity index is 2.14. The number of anilines is 2. The molecule has 0 bridgehead atoms. The maximum Gasteiger partial charge on any atom is 0.229 e. The minimum absolute atomic E-state index is 0.548. The monoisotopic (exact) mass is 297 g/mol. The Morgan fingerprint density at radius 3 is 2.53 bits per heavy atom. The standard InChI is InChI=1S/C12H15N3O2S2/c1-9-12(18-8-14-9)7-13-10-5-3-4-6-11(10)15-19(2,16)17/h3-6,8,13,15H,7H2,1-2H3. The average Bonchev–Trinajstić information content (AvgIpc) is 2.72. The van der Waals surface area contributed by atoms with Gasteiger partial charge in [-0.1, -0.05) is 12.1 Å². The van der Waals surface area contributed by atoms with Crippen molar-refractivity contribution in [1.29, 1.82) is 0 Å². The van der Waals surface area contributed by atoms with E-state index < -0.39 is 10.0 Å². The highest BCUT2D eigenvalue weighted by Crippen LogP contribution is 2.23. The Kier molecular flexibility index (Phi) is 4.06. The molecular formula is C12H15N3O2S2. The zero-order valence-corrected chi connectivity index (χ0v) is 12.3. The van der Waals surface area contributed by atoms with Crippen molar-refractivity contribution in [3.63, 3.8) is 0 Å². The first kappa shape index (κ1) is 13.8. The highest BCUT2D eigenvalue weighted by atomic mass is 32.2. The second-order valence-electron chi connectivity index (χ2n) is 4.13. The van der Waals surface area contributed by atoms with Crippen molar-refractivity contribution in [3.8, 4) is 0 Å². The van der Waals surface area contributed by atoms with Gasteiger partial charge < -0.3 is 5.32 Å². The van der Waals surface area contributed by atoms with Gasteiger partial charge in [0.1, 0.15) is 0 Å². The first-order valence-electron chi connectivity index (χ1n) is 5.65. The summed E-state index contributed by atoms with van der Waals surface area (Å²) in [4.78, 5) is 5.31. The van der Waals surface area contributed by atoms with Crippen LogP contribution in [0.2, 0.25) is 0 Å². The third-order valence-corrected chi connectivity index (χ3v) is 4.03. The third kappa shape index (κ3) is 3.93. The second kappa shape index (κ2) is 5.58. The van der Waals surface area contributed by atoms with Gasteiger partial charge >= 0.3 is 0 Å². The van der Waals surface area contributed by atoms with Gasteiger partial charge in [-0.2, -0.15) is 0 Å². The first-order chi connectivity index (χ1) is 8.96. The third-order valence-electron chi connectivity index (χ3n) is 2.51. The van der Waals surface area contributed by atoms with E-state index in [0.29, 0.717) is 12.2 Å². The van der Waals surface area contributed by atoms with Crippen LogP contribution in [0, 0.1) is 6.92 Å². The van der Waals surface area contributed by atoms with E-state index in [1.165, 1.54) is 0 Å². The van der Waals surface area contributed by atoms with Crippen molar-refractivity contribution >= 4 is 32.7 Å². The fourth-order valence-electron chi connectivity index (χ4n) is 1.60. The Hall–Kier alpha value is -1.60. The lowest BCUT2D eigenvalue weighted by Gasteiger charge is -2.12. The van der Waals surface area contributed by atoms with Crippen LogP contribution in [0.4, 0.5) is 11.4 Å². The lowest BCUT2D eigenvalue weighted by atomic mass is 10.2. The van der Waals surface area contributed by atoms with Crippen molar-refractivity contribution in [2.75, 3.05) is 16.3 Å². The summed E-state index contributed by atoms with van der Waals surface area (Å²) >= 11 is 1.58. The average molecular weight is 297 g/mol. The van der Waals surface area contributed by atoms with Crippen LogP contribution < -0.4 is 10.0 Å². The molecule has 0 fully saturated rings. The molecule has 0 saturated carbocycles. The lowest BCUT2D eigenvalue weighted by molar-refractivity contribution is 0.607.